The van der Waals surface area contributed by atoms with Crippen LogP contribution >= 0.6 is 0 Å². The fourth-order valence-electron chi connectivity index (χ4n) is 8.27. The van der Waals surface area contributed by atoms with Crippen molar-refractivity contribution in [2.24, 2.45) is 23.0 Å². The lowest BCUT2D eigenvalue weighted by Gasteiger charge is -2.40. The van der Waals surface area contributed by atoms with E-state index < -0.39 is 70.8 Å². The van der Waals surface area contributed by atoms with Gasteiger partial charge in [0, 0.05) is 24.5 Å². The van der Waals surface area contributed by atoms with Crippen LogP contribution in [0.25, 0.3) is 0 Å². The van der Waals surface area contributed by atoms with Crippen LogP contribution in [-0.4, -0.2) is 92.3 Å². The van der Waals surface area contributed by atoms with Crippen molar-refractivity contribution >= 4 is 41.2 Å². The molecule has 2 heterocycles. The van der Waals surface area contributed by atoms with Gasteiger partial charge in [-0.25, -0.2) is 9.97 Å². The Morgan fingerprint density at radius 3 is 2.11 bits per heavy atom. The first-order valence-corrected chi connectivity index (χ1v) is 19.4. The highest BCUT2D eigenvalue weighted by Crippen LogP contribution is 2.41. The summed E-state index contributed by atoms with van der Waals surface area (Å²) in [4.78, 5) is 104. The molecule has 0 aromatic carbocycles. The van der Waals surface area contributed by atoms with E-state index in [1.807, 2.05) is 27.7 Å². The Hall–Kier alpha value is -4.43. The molecule has 2 unspecified atom stereocenters. The Bertz CT molecular complexity index is 1570. The van der Waals surface area contributed by atoms with Crippen molar-refractivity contribution in [2.75, 3.05) is 0 Å². The second-order valence-corrected chi connectivity index (χ2v) is 16.3. The molecule has 1 saturated heterocycles. The highest BCUT2D eigenvalue weighted by atomic mass is 16.2. The van der Waals surface area contributed by atoms with E-state index in [0.717, 1.165) is 51.4 Å². The Labute approximate surface area is 311 Å². The van der Waals surface area contributed by atoms with E-state index in [1.54, 1.807) is 4.90 Å². The standard InChI is InChI=1S/C38H56N8O7/c1-5-11-24(30(47)36(52)42-23-16-17-23)43-33(49)26-20-22-14-9-10-15-25(22)46(26)37(53)31(38(2,3)4)45-34(50)27(21-12-7-6-8-13-21)44-35(51)29-28(32(39)48)40-18-19-41-29/h18-19,21-27,31H,5-17,20H2,1-4H3,(H2,39,48)(H,42,52)(H,43,49)(H,44,51)(H,45,50)/t22?,24-,25?,26-,27-,31+/m0/s1. The molecule has 290 valence electrons. The summed E-state index contributed by atoms with van der Waals surface area (Å²) in [6.07, 6.45) is 12.9. The summed E-state index contributed by atoms with van der Waals surface area (Å²) in [6, 6.07) is -4.28. The van der Waals surface area contributed by atoms with Crippen LogP contribution in [0.1, 0.15) is 139 Å². The molecule has 3 saturated carbocycles. The van der Waals surface area contributed by atoms with Crippen molar-refractivity contribution in [2.45, 2.75) is 154 Å². The molecule has 6 atom stereocenters. The number of hydrogen-bond acceptors (Lipinski definition) is 9. The number of carbonyl (C=O) groups excluding carboxylic acids is 7. The fourth-order valence-corrected chi connectivity index (χ4v) is 8.27. The molecule has 0 radical (unpaired) electrons. The van der Waals surface area contributed by atoms with Crippen LogP contribution in [0.15, 0.2) is 12.4 Å². The molecule has 4 aliphatic rings. The molecule has 1 aromatic heterocycles. The number of likely N-dealkylation sites (tertiary alicyclic amines) is 1. The van der Waals surface area contributed by atoms with Gasteiger partial charge in [-0.3, -0.25) is 33.6 Å². The maximum absolute atomic E-state index is 14.9. The van der Waals surface area contributed by atoms with Gasteiger partial charge < -0.3 is 31.9 Å². The van der Waals surface area contributed by atoms with Crippen LogP contribution in [0.3, 0.4) is 0 Å². The second-order valence-electron chi connectivity index (χ2n) is 16.3. The summed E-state index contributed by atoms with van der Waals surface area (Å²) >= 11 is 0. The third kappa shape index (κ3) is 9.58. The number of amides is 6. The van der Waals surface area contributed by atoms with Gasteiger partial charge in [-0.05, 0) is 68.6 Å². The maximum atomic E-state index is 14.9. The van der Waals surface area contributed by atoms with Crippen molar-refractivity contribution in [3.8, 4) is 0 Å². The highest BCUT2D eigenvalue weighted by molar-refractivity contribution is 6.38. The van der Waals surface area contributed by atoms with Crippen LogP contribution in [0.2, 0.25) is 0 Å². The van der Waals surface area contributed by atoms with E-state index >= 15 is 0 Å². The van der Waals surface area contributed by atoms with E-state index in [9.17, 15) is 33.6 Å². The number of fused-ring (bicyclic) bond motifs is 1. The number of nitrogens with zero attached hydrogens (tertiary/aromatic N) is 3. The average Bonchev–Trinajstić information content (AvgIpc) is 3.87. The Morgan fingerprint density at radius 1 is 0.849 bits per heavy atom. The predicted octanol–water partition coefficient (Wildman–Crippen LogP) is 2.08. The topological polar surface area (TPSA) is 223 Å². The number of aromatic nitrogens is 2. The van der Waals surface area contributed by atoms with E-state index in [-0.39, 0.29) is 41.7 Å². The van der Waals surface area contributed by atoms with Gasteiger partial charge in [0.25, 0.3) is 17.7 Å². The zero-order valence-electron chi connectivity index (χ0n) is 31.4. The molecule has 53 heavy (non-hydrogen) atoms. The number of Topliss-reactive ketones (excluding diaryl/α,β-unsaturated/α-hetero) is 1. The molecule has 0 spiro atoms. The van der Waals surface area contributed by atoms with Crippen LogP contribution in [0.5, 0.6) is 0 Å². The van der Waals surface area contributed by atoms with Crippen molar-refractivity contribution < 1.29 is 33.6 Å². The molecular formula is C38H56N8O7. The van der Waals surface area contributed by atoms with Crippen molar-refractivity contribution in [1.82, 2.24) is 36.1 Å². The molecule has 15 heteroatoms. The number of hydrogen-bond donors (Lipinski definition) is 5. The lowest BCUT2D eigenvalue weighted by molar-refractivity contribution is -0.147. The number of primary amides is 1. The van der Waals surface area contributed by atoms with Gasteiger partial charge in [0.1, 0.15) is 18.1 Å². The van der Waals surface area contributed by atoms with Crippen molar-refractivity contribution in [3.63, 3.8) is 0 Å². The quantitative estimate of drug-likeness (QED) is 0.176. The zero-order chi connectivity index (χ0) is 38.4. The summed E-state index contributed by atoms with van der Waals surface area (Å²) in [5.74, 6) is -4.74. The lowest BCUT2D eigenvalue weighted by Crippen LogP contribution is -2.63. The SMILES string of the molecule is CCC[C@H](NC(=O)[C@@H]1CC2CCCCC2N1C(=O)[C@@H](NC(=O)[C@@H](NC(=O)c1nccnc1C(N)=O)C1CCCCC1)C(C)(C)C)C(=O)C(=O)NC1CC1. The molecule has 3 aliphatic carbocycles. The van der Waals surface area contributed by atoms with Crippen LogP contribution in [0.4, 0.5) is 0 Å². The minimum atomic E-state index is -1.08. The monoisotopic (exact) mass is 736 g/mol. The van der Waals surface area contributed by atoms with E-state index in [0.29, 0.717) is 32.1 Å². The highest BCUT2D eigenvalue weighted by Gasteiger charge is 2.51. The van der Waals surface area contributed by atoms with Gasteiger partial charge >= 0.3 is 0 Å². The van der Waals surface area contributed by atoms with Crippen LogP contribution in [-0.2, 0) is 24.0 Å². The minimum Gasteiger partial charge on any atom is -0.364 e. The number of carbonyl (C=O) groups is 7. The molecule has 0 bridgehead atoms. The Kier molecular flexibility index (Phi) is 12.9. The van der Waals surface area contributed by atoms with Gasteiger partial charge in [0.15, 0.2) is 11.4 Å². The molecular weight excluding hydrogens is 680 g/mol. The number of rotatable bonds is 14. The number of nitrogens with one attached hydrogen (secondary N) is 4. The van der Waals surface area contributed by atoms with Crippen molar-refractivity contribution in [1.29, 1.82) is 0 Å². The van der Waals surface area contributed by atoms with Crippen LogP contribution in [0, 0.1) is 17.3 Å². The average molecular weight is 737 g/mol. The molecule has 1 aromatic rings. The van der Waals surface area contributed by atoms with E-state index in [4.69, 9.17) is 5.73 Å². The first kappa shape index (κ1) is 39.8. The molecule has 5 rings (SSSR count). The Balaban J connectivity index is 1.40. The fraction of sp³-hybridized carbons (Fsp3) is 0.711. The normalized spacial score (nSPS) is 23.5. The predicted molar refractivity (Wildman–Crippen MR) is 194 cm³/mol. The van der Waals surface area contributed by atoms with E-state index in [2.05, 4.69) is 31.2 Å². The summed E-state index contributed by atoms with van der Waals surface area (Å²) in [6.45, 7) is 7.37. The van der Waals surface area contributed by atoms with Gasteiger partial charge in [0.05, 0.1) is 6.04 Å². The first-order valence-electron chi connectivity index (χ1n) is 19.4. The molecule has 6 N–H and O–H groups in total. The summed E-state index contributed by atoms with van der Waals surface area (Å²) in [5, 5.41) is 11.3. The number of ketones is 1. The maximum Gasteiger partial charge on any atom is 0.289 e. The van der Waals surface area contributed by atoms with E-state index in [1.165, 1.54) is 12.4 Å². The van der Waals surface area contributed by atoms with Gasteiger partial charge in [-0.2, -0.15) is 0 Å². The first-order chi connectivity index (χ1) is 25.2. The summed E-state index contributed by atoms with van der Waals surface area (Å²) in [5.41, 5.74) is 4.03. The largest absolute Gasteiger partial charge is 0.364 e. The third-order valence-corrected chi connectivity index (χ3v) is 11.2. The van der Waals surface area contributed by atoms with Gasteiger partial charge in [-0.15, -0.1) is 0 Å². The van der Waals surface area contributed by atoms with Crippen molar-refractivity contribution in [3.05, 3.63) is 23.8 Å². The summed E-state index contributed by atoms with van der Waals surface area (Å²) < 4.78 is 0. The lowest BCUT2D eigenvalue weighted by atomic mass is 9.81. The molecule has 4 fully saturated rings. The molecule has 6 amide bonds. The number of nitrogens with two attached hydrogens (primary N) is 1. The summed E-state index contributed by atoms with van der Waals surface area (Å²) in [7, 11) is 0. The smallest absolute Gasteiger partial charge is 0.289 e. The third-order valence-electron chi connectivity index (χ3n) is 11.2. The zero-order valence-corrected chi connectivity index (χ0v) is 31.4. The molecule has 15 nitrogen and oxygen atoms in total. The Morgan fingerprint density at radius 2 is 1.49 bits per heavy atom. The van der Waals surface area contributed by atoms with Crippen LogP contribution < -0.4 is 27.0 Å². The van der Waals surface area contributed by atoms with Gasteiger partial charge in [-0.1, -0.05) is 66.2 Å². The molecule has 1 aliphatic heterocycles. The second kappa shape index (κ2) is 17.1. The van der Waals surface area contributed by atoms with Gasteiger partial charge in [0.2, 0.25) is 23.5 Å². The minimum absolute atomic E-state index is 0.00861.